The molecule has 0 aliphatic carbocycles. The second-order valence-corrected chi connectivity index (χ2v) is 4.93. The Hall–Kier alpha value is -3.00. The van der Waals surface area contributed by atoms with Crippen LogP contribution in [-0.2, 0) is 0 Å². The van der Waals surface area contributed by atoms with Gasteiger partial charge in [0.1, 0.15) is 0 Å². The Morgan fingerprint density at radius 3 is 2.83 bits per heavy atom. The molecule has 0 saturated carbocycles. The monoisotopic (exact) mass is 327 g/mol. The summed E-state index contributed by atoms with van der Waals surface area (Å²) in [6.07, 6.45) is 4.82. The van der Waals surface area contributed by atoms with Crippen LogP contribution >= 0.6 is 12.2 Å². The maximum absolute atomic E-state index is 10.1. The molecule has 0 bridgehead atoms. The number of phenols is 1. The van der Waals surface area contributed by atoms with Crippen LogP contribution in [0, 0.1) is 4.77 Å². The Morgan fingerprint density at radius 2 is 2.09 bits per heavy atom. The zero-order valence-electron chi connectivity index (χ0n) is 12.2. The van der Waals surface area contributed by atoms with Crippen LogP contribution in [0.15, 0.2) is 47.8 Å². The van der Waals surface area contributed by atoms with Crippen molar-refractivity contribution < 1.29 is 9.84 Å². The number of aromatic amines is 1. The molecule has 3 aromatic rings. The van der Waals surface area contributed by atoms with E-state index in [0.29, 0.717) is 21.9 Å². The number of phenolic OH excluding ortho intramolecular Hbond substituents is 1. The summed E-state index contributed by atoms with van der Waals surface area (Å²) in [5.74, 6) is 0.939. The zero-order valence-corrected chi connectivity index (χ0v) is 13.0. The van der Waals surface area contributed by atoms with E-state index in [0.717, 1.165) is 5.56 Å². The van der Waals surface area contributed by atoms with E-state index < -0.39 is 0 Å². The molecule has 7 nitrogen and oxygen atoms in total. The highest BCUT2D eigenvalue weighted by Gasteiger charge is 2.09. The molecule has 8 heteroatoms. The van der Waals surface area contributed by atoms with Crippen molar-refractivity contribution in [2.24, 2.45) is 5.10 Å². The minimum atomic E-state index is 0.0132. The average Bonchev–Trinajstić information content (AvgIpc) is 2.95. The van der Waals surface area contributed by atoms with Crippen LogP contribution < -0.4 is 4.74 Å². The second-order valence-electron chi connectivity index (χ2n) is 4.54. The van der Waals surface area contributed by atoms with Crippen LogP contribution in [0.4, 0.5) is 0 Å². The topological polar surface area (TPSA) is 88.3 Å². The van der Waals surface area contributed by atoms with Gasteiger partial charge in [0.25, 0.3) is 0 Å². The van der Waals surface area contributed by atoms with Gasteiger partial charge in [-0.05, 0) is 36.5 Å². The Balaban J connectivity index is 2.01. The lowest BCUT2D eigenvalue weighted by Gasteiger charge is -2.05. The molecule has 0 atom stereocenters. The smallest absolute Gasteiger partial charge is 0.216 e. The van der Waals surface area contributed by atoms with Crippen molar-refractivity contribution in [3.63, 3.8) is 0 Å². The van der Waals surface area contributed by atoms with Crippen molar-refractivity contribution in [2.45, 2.75) is 0 Å². The Kier molecular flexibility index (Phi) is 4.15. The summed E-state index contributed by atoms with van der Waals surface area (Å²) in [5.41, 5.74) is 1.33. The van der Waals surface area contributed by atoms with Gasteiger partial charge in [-0.25, -0.2) is 5.10 Å². The van der Waals surface area contributed by atoms with Crippen molar-refractivity contribution >= 4 is 18.4 Å². The summed E-state index contributed by atoms with van der Waals surface area (Å²) < 4.78 is 6.89. The maximum Gasteiger partial charge on any atom is 0.216 e. The molecule has 1 aromatic carbocycles. The van der Waals surface area contributed by atoms with Gasteiger partial charge in [-0.15, -0.1) is 0 Å². The van der Waals surface area contributed by atoms with E-state index in [9.17, 15) is 5.11 Å². The number of H-pyrrole nitrogens is 1. The standard InChI is InChI=1S/C15H13N5O2S/c1-22-12-4-2-3-11(13(12)21)9-17-20-14(18-19-15(20)23)10-5-7-16-8-6-10/h2-9,21H,1H3,(H,19,23). The molecule has 0 spiro atoms. The molecule has 0 amide bonds. The molecule has 116 valence electrons. The van der Waals surface area contributed by atoms with Gasteiger partial charge in [0, 0.05) is 23.5 Å². The van der Waals surface area contributed by atoms with Gasteiger partial charge < -0.3 is 9.84 Å². The average molecular weight is 327 g/mol. The lowest BCUT2D eigenvalue weighted by atomic mass is 10.2. The summed E-state index contributed by atoms with van der Waals surface area (Å²) >= 11 is 5.20. The molecule has 2 aromatic heterocycles. The first-order valence-corrected chi connectivity index (χ1v) is 7.09. The minimum Gasteiger partial charge on any atom is -0.504 e. The number of nitrogens with zero attached hydrogens (tertiary/aromatic N) is 4. The number of hydrogen-bond donors (Lipinski definition) is 2. The van der Waals surface area contributed by atoms with Crippen LogP contribution in [0.2, 0.25) is 0 Å². The van der Waals surface area contributed by atoms with Crippen LogP contribution in [-0.4, -0.2) is 38.3 Å². The second kappa shape index (κ2) is 6.41. The molecular formula is C15H13N5O2S. The highest BCUT2D eigenvalue weighted by atomic mass is 32.1. The van der Waals surface area contributed by atoms with Gasteiger partial charge in [0.05, 0.1) is 13.3 Å². The Bertz CT molecular complexity index is 902. The number of rotatable bonds is 4. The SMILES string of the molecule is COc1cccc(C=Nn2c(-c3ccncc3)n[nH]c2=S)c1O. The summed E-state index contributed by atoms with van der Waals surface area (Å²) in [7, 11) is 1.49. The normalized spacial score (nSPS) is 11.0. The number of aromatic nitrogens is 4. The predicted molar refractivity (Wildman–Crippen MR) is 88.3 cm³/mol. The molecule has 0 fully saturated rings. The van der Waals surface area contributed by atoms with Crippen LogP contribution in [0.25, 0.3) is 11.4 Å². The zero-order chi connectivity index (χ0) is 16.2. The fourth-order valence-electron chi connectivity index (χ4n) is 2.01. The third kappa shape index (κ3) is 2.97. The predicted octanol–water partition coefficient (Wildman–Crippen LogP) is 2.60. The van der Waals surface area contributed by atoms with Gasteiger partial charge in [0.15, 0.2) is 17.3 Å². The summed E-state index contributed by atoms with van der Waals surface area (Å²) in [6.45, 7) is 0. The van der Waals surface area contributed by atoms with Crippen LogP contribution in [0.3, 0.4) is 0 Å². The van der Waals surface area contributed by atoms with Crippen LogP contribution in [0.1, 0.15) is 5.56 Å². The summed E-state index contributed by atoms with van der Waals surface area (Å²) in [6, 6.07) is 8.76. The number of benzene rings is 1. The fraction of sp³-hybridized carbons (Fsp3) is 0.0667. The Morgan fingerprint density at radius 1 is 1.30 bits per heavy atom. The van der Waals surface area contributed by atoms with Gasteiger partial charge in [-0.2, -0.15) is 14.9 Å². The number of nitrogens with one attached hydrogen (secondary N) is 1. The number of para-hydroxylation sites is 1. The summed E-state index contributed by atoms with van der Waals surface area (Å²) in [5, 5.41) is 21.3. The van der Waals surface area contributed by atoms with Crippen molar-refractivity contribution in [3.05, 3.63) is 53.1 Å². The molecule has 3 rings (SSSR count). The van der Waals surface area contributed by atoms with E-state index in [1.807, 2.05) is 0 Å². The van der Waals surface area contributed by atoms with Gasteiger partial charge in [-0.3, -0.25) is 4.98 Å². The number of hydrogen-bond acceptors (Lipinski definition) is 6. The first kappa shape index (κ1) is 14.9. The van der Waals surface area contributed by atoms with E-state index in [1.165, 1.54) is 18.0 Å². The van der Waals surface area contributed by atoms with Crippen LogP contribution in [0.5, 0.6) is 11.5 Å². The minimum absolute atomic E-state index is 0.0132. The molecule has 2 heterocycles. The number of pyridine rings is 1. The maximum atomic E-state index is 10.1. The fourth-order valence-corrected chi connectivity index (χ4v) is 2.19. The van der Waals surface area contributed by atoms with Crippen molar-refractivity contribution in [1.29, 1.82) is 0 Å². The number of ether oxygens (including phenoxy) is 1. The largest absolute Gasteiger partial charge is 0.504 e. The molecule has 0 aliphatic rings. The lowest BCUT2D eigenvalue weighted by Crippen LogP contribution is -1.96. The molecule has 0 aliphatic heterocycles. The third-order valence-electron chi connectivity index (χ3n) is 3.15. The summed E-state index contributed by atoms with van der Waals surface area (Å²) in [4.78, 5) is 3.97. The molecule has 0 saturated heterocycles. The Labute approximate surface area is 136 Å². The van der Waals surface area contributed by atoms with Gasteiger partial charge in [0.2, 0.25) is 4.77 Å². The molecule has 0 radical (unpaired) electrons. The van der Waals surface area contributed by atoms with Crippen molar-refractivity contribution in [1.82, 2.24) is 19.9 Å². The first-order valence-electron chi connectivity index (χ1n) is 6.69. The van der Waals surface area contributed by atoms with E-state index in [4.69, 9.17) is 17.0 Å². The number of aromatic hydroxyl groups is 1. The van der Waals surface area contributed by atoms with E-state index in [1.54, 1.807) is 42.7 Å². The molecule has 0 unspecified atom stereocenters. The number of methoxy groups -OCH3 is 1. The quantitative estimate of drug-likeness (QED) is 0.568. The van der Waals surface area contributed by atoms with Crippen molar-refractivity contribution in [2.75, 3.05) is 7.11 Å². The molecule has 2 N–H and O–H groups in total. The van der Waals surface area contributed by atoms with E-state index >= 15 is 0 Å². The highest BCUT2D eigenvalue weighted by Crippen LogP contribution is 2.28. The van der Waals surface area contributed by atoms with E-state index in [-0.39, 0.29) is 5.75 Å². The van der Waals surface area contributed by atoms with Gasteiger partial charge >= 0.3 is 0 Å². The van der Waals surface area contributed by atoms with E-state index in [2.05, 4.69) is 20.3 Å². The van der Waals surface area contributed by atoms with Crippen molar-refractivity contribution in [3.8, 4) is 22.9 Å². The lowest BCUT2D eigenvalue weighted by molar-refractivity contribution is 0.373. The third-order valence-corrected chi connectivity index (χ3v) is 3.42. The first-order chi connectivity index (χ1) is 11.2. The van der Waals surface area contributed by atoms with Gasteiger partial charge in [-0.1, -0.05) is 6.07 Å². The molecule has 23 heavy (non-hydrogen) atoms. The molecular weight excluding hydrogens is 314 g/mol. The highest BCUT2D eigenvalue weighted by molar-refractivity contribution is 7.71.